The van der Waals surface area contributed by atoms with Gasteiger partial charge in [0.25, 0.3) is 0 Å². The molecule has 0 aliphatic rings. The molecule has 0 aliphatic heterocycles. The van der Waals surface area contributed by atoms with Gasteiger partial charge in [0.2, 0.25) is 0 Å². The summed E-state index contributed by atoms with van der Waals surface area (Å²) in [7, 11) is 1.57. The molecule has 0 unspecified atom stereocenters. The van der Waals surface area contributed by atoms with Gasteiger partial charge in [0, 0.05) is 9.64 Å². The lowest BCUT2D eigenvalue weighted by atomic mass is 10.2. The molecule has 0 heterocycles. The highest BCUT2D eigenvalue weighted by molar-refractivity contribution is 14.1. The van der Waals surface area contributed by atoms with Crippen molar-refractivity contribution in [3.63, 3.8) is 0 Å². The summed E-state index contributed by atoms with van der Waals surface area (Å²) < 4.78 is 11.2. The van der Waals surface area contributed by atoms with E-state index in [9.17, 15) is 4.79 Å². The first-order valence-corrected chi connectivity index (χ1v) is 6.39. The molecule has 0 aliphatic carbocycles. The van der Waals surface area contributed by atoms with E-state index in [2.05, 4.69) is 22.6 Å². The second kappa shape index (κ2) is 5.86. The molecule has 2 aromatic carbocycles. The minimum absolute atomic E-state index is 0.367. The van der Waals surface area contributed by atoms with Gasteiger partial charge >= 0.3 is 5.97 Å². The molecule has 0 bridgehead atoms. The van der Waals surface area contributed by atoms with Gasteiger partial charge in [-0.1, -0.05) is 18.2 Å². The lowest BCUT2D eigenvalue weighted by Crippen LogP contribution is -2.10. The van der Waals surface area contributed by atoms with Crippen LogP contribution < -0.4 is 9.47 Å². The van der Waals surface area contributed by atoms with Crippen LogP contribution in [0, 0.1) is 3.57 Å². The SMILES string of the molecule is COc1cccc(OC(=O)c2ccccc2I)c1. The van der Waals surface area contributed by atoms with E-state index in [1.54, 1.807) is 37.4 Å². The Kier molecular flexibility index (Phi) is 4.19. The molecule has 0 N–H and O–H groups in total. The molecule has 2 aromatic rings. The topological polar surface area (TPSA) is 35.5 Å². The van der Waals surface area contributed by atoms with Crippen LogP contribution in [0.1, 0.15) is 10.4 Å². The van der Waals surface area contributed by atoms with Crippen molar-refractivity contribution in [2.75, 3.05) is 7.11 Å². The molecule has 0 aromatic heterocycles. The summed E-state index contributed by atoms with van der Waals surface area (Å²) in [6.45, 7) is 0. The minimum atomic E-state index is -0.367. The molecular weight excluding hydrogens is 343 g/mol. The van der Waals surface area contributed by atoms with Gasteiger partial charge in [-0.3, -0.25) is 0 Å². The number of carbonyl (C=O) groups excluding carboxylic acids is 1. The van der Waals surface area contributed by atoms with Crippen LogP contribution in [0.3, 0.4) is 0 Å². The number of ether oxygens (including phenoxy) is 2. The van der Waals surface area contributed by atoms with E-state index in [0.29, 0.717) is 17.1 Å². The predicted molar refractivity (Wildman–Crippen MR) is 77.1 cm³/mol. The van der Waals surface area contributed by atoms with E-state index in [-0.39, 0.29) is 5.97 Å². The fraction of sp³-hybridized carbons (Fsp3) is 0.0714. The number of hydrogen-bond acceptors (Lipinski definition) is 3. The molecule has 0 saturated heterocycles. The van der Waals surface area contributed by atoms with E-state index in [0.717, 1.165) is 3.57 Å². The molecule has 0 amide bonds. The molecule has 0 saturated carbocycles. The van der Waals surface area contributed by atoms with Crippen LogP contribution in [0.2, 0.25) is 0 Å². The first-order valence-electron chi connectivity index (χ1n) is 5.31. The normalized spacial score (nSPS) is 9.89. The first kappa shape index (κ1) is 12.9. The molecule has 18 heavy (non-hydrogen) atoms. The van der Waals surface area contributed by atoms with E-state index >= 15 is 0 Å². The van der Waals surface area contributed by atoms with Crippen LogP contribution in [-0.2, 0) is 0 Å². The van der Waals surface area contributed by atoms with Crippen molar-refractivity contribution in [2.45, 2.75) is 0 Å². The van der Waals surface area contributed by atoms with Crippen molar-refractivity contribution in [2.24, 2.45) is 0 Å². The Morgan fingerprint density at radius 2 is 1.78 bits per heavy atom. The van der Waals surface area contributed by atoms with Crippen LogP contribution in [0.25, 0.3) is 0 Å². The van der Waals surface area contributed by atoms with Crippen molar-refractivity contribution in [3.05, 3.63) is 57.7 Å². The first-order chi connectivity index (χ1) is 8.70. The Morgan fingerprint density at radius 3 is 2.50 bits per heavy atom. The zero-order chi connectivity index (χ0) is 13.0. The highest BCUT2D eigenvalue weighted by atomic mass is 127. The number of benzene rings is 2. The lowest BCUT2D eigenvalue weighted by molar-refractivity contribution is 0.0733. The summed E-state index contributed by atoms with van der Waals surface area (Å²) in [5, 5.41) is 0. The number of carbonyl (C=O) groups is 1. The zero-order valence-electron chi connectivity index (χ0n) is 9.72. The van der Waals surface area contributed by atoms with Gasteiger partial charge in [-0.25, -0.2) is 4.79 Å². The monoisotopic (exact) mass is 354 g/mol. The summed E-state index contributed by atoms with van der Waals surface area (Å²) in [4.78, 5) is 12.0. The molecule has 0 fully saturated rings. The maximum atomic E-state index is 12.0. The van der Waals surface area contributed by atoms with Crippen molar-refractivity contribution >= 4 is 28.6 Å². The zero-order valence-corrected chi connectivity index (χ0v) is 11.9. The van der Waals surface area contributed by atoms with E-state index in [4.69, 9.17) is 9.47 Å². The number of methoxy groups -OCH3 is 1. The van der Waals surface area contributed by atoms with Gasteiger partial charge in [-0.15, -0.1) is 0 Å². The molecule has 4 heteroatoms. The lowest BCUT2D eigenvalue weighted by Gasteiger charge is -2.07. The molecular formula is C14H11IO3. The average molecular weight is 354 g/mol. The Morgan fingerprint density at radius 1 is 1.06 bits per heavy atom. The number of rotatable bonds is 3. The Bertz CT molecular complexity index is 566. The number of hydrogen-bond donors (Lipinski definition) is 0. The van der Waals surface area contributed by atoms with Crippen LogP contribution in [0.15, 0.2) is 48.5 Å². The summed E-state index contributed by atoms with van der Waals surface area (Å²) in [6, 6.07) is 14.3. The third kappa shape index (κ3) is 3.01. The van der Waals surface area contributed by atoms with Gasteiger partial charge in [0.1, 0.15) is 11.5 Å². The standard InChI is InChI=1S/C14H11IO3/c1-17-10-5-4-6-11(9-10)18-14(16)12-7-2-3-8-13(12)15/h2-9H,1H3. The predicted octanol–water partition coefficient (Wildman–Crippen LogP) is 3.52. The highest BCUT2D eigenvalue weighted by Gasteiger charge is 2.11. The fourth-order valence-corrected chi connectivity index (χ4v) is 2.06. The molecule has 0 spiro atoms. The van der Waals surface area contributed by atoms with Crippen molar-refractivity contribution < 1.29 is 14.3 Å². The maximum absolute atomic E-state index is 12.0. The third-order valence-electron chi connectivity index (χ3n) is 2.35. The minimum Gasteiger partial charge on any atom is -0.497 e. The summed E-state index contributed by atoms with van der Waals surface area (Å²) in [5.41, 5.74) is 0.556. The smallest absolute Gasteiger partial charge is 0.344 e. The largest absolute Gasteiger partial charge is 0.497 e. The molecule has 2 rings (SSSR count). The second-order valence-electron chi connectivity index (χ2n) is 3.55. The van der Waals surface area contributed by atoms with Gasteiger partial charge in [-0.2, -0.15) is 0 Å². The van der Waals surface area contributed by atoms with Gasteiger partial charge in [0.05, 0.1) is 12.7 Å². The van der Waals surface area contributed by atoms with Gasteiger partial charge in [-0.05, 0) is 46.9 Å². The summed E-state index contributed by atoms with van der Waals surface area (Å²) in [5.74, 6) is 0.760. The van der Waals surface area contributed by atoms with Crippen molar-refractivity contribution in [1.82, 2.24) is 0 Å². The summed E-state index contributed by atoms with van der Waals surface area (Å²) >= 11 is 2.11. The third-order valence-corrected chi connectivity index (χ3v) is 3.29. The van der Waals surface area contributed by atoms with Crippen LogP contribution >= 0.6 is 22.6 Å². The van der Waals surface area contributed by atoms with E-state index < -0.39 is 0 Å². The van der Waals surface area contributed by atoms with Gasteiger partial charge in [0.15, 0.2) is 0 Å². The highest BCUT2D eigenvalue weighted by Crippen LogP contribution is 2.21. The molecule has 3 nitrogen and oxygen atoms in total. The number of halogens is 1. The Hall–Kier alpha value is -1.56. The summed E-state index contributed by atoms with van der Waals surface area (Å²) in [6.07, 6.45) is 0. The molecule has 0 radical (unpaired) electrons. The maximum Gasteiger partial charge on any atom is 0.344 e. The average Bonchev–Trinajstić information content (AvgIpc) is 2.39. The second-order valence-corrected chi connectivity index (χ2v) is 4.71. The Balaban J connectivity index is 2.19. The Labute approximate surface area is 119 Å². The van der Waals surface area contributed by atoms with Crippen LogP contribution in [-0.4, -0.2) is 13.1 Å². The quantitative estimate of drug-likeness (QED) is 0.481. The molecule has 0 atom stereocenters. The van der Waals surface area contributed by atoms with Crippen molar-refractivity contribution in [3.8, 4) is 11.5 Å². The van der Waals surface area contributed by atoms with Crippen molar-refractivity contribution in [1.29, 1.82) is 0 Å². The molecule has 92 valence electrons. The van der Waals surface area contributed by atoms with Gasteiger partial charge < -0.3 is 9.47 Å². The number of esters is 1. The fourth-order valence-electron chi connectivity index (χ4n) is 1.45. The van der Waals surface area contributed by atoms with Crippen LogP contribution in [0.4, 0.5) is 0 Å². The van der Waals surface area contributed by atoms with E-state index in [1.807, 2.05) is 18.2 Å². The van der Waals surface area contributed by atoms with E-state index in [1.165, 1.54) is 0 Å². The van der Waals surface area contributed by atoms with Crippen LogP contribution in [0.5, 0.6) is 11.5 Å².